The van der Waals surface area contributed by atoms with Gasteiger partial charge in [-0.3, -0.25) is 9.36 Å². The largest absolute Gasteiger partial charge is 0.353 e. The van der Waals surface area contributed by atoms with Gasteiger partial charge < -0.3 is 5.32 Å². The Hall–Kier alpha value is -2.74. The molecule has 0 spiro atoms. The fourth-order valence-corrected chi connectivity index (χ4v) is 3.23. The molecule has 0 aliphatic rings. The van der Waals surface area contributed by atoms with Gasteiger partial charge in [-0.1, -0.05) is 11.8 Å². The monoisotopic (exact) mass is 388 g/mol. The molecule has 1 N–H and O–H groups in total. The first-order valence-corrected chi connectivity index (χ1v) is 9.32. The van der Waals surface area contributed by atoms with E-state index < -0.39 is 0 Å². The van der Waals surface area contributed by atoms with E-state index in [2.05, 4.69) is 15.5 Å². The number of halogens is 2. The number of rotatable bonds is 6. The summed E-state index contributed by atoms with van der Waals surface area (Å²) in [5.41, 5.74) is 1.30. The van der Waals surface area contributed by atoms with Crippen molar-refractivity contribution in [2.24, 2.45) is 0 Å². The van der Waals surface area contributed by atoms with Gasteiger partial charge in [0.15, 0.2) is 11.0 Å². The van der Waals surface area contributed by atoms with Crippen LogP contribution in [-0.2, 0) is 4.79 Å². The van der Waals surface area contributed by atoms with Crippen LogP contribution in [0.1, 0.15) is 13.8 Å². The predicted molar refractivity (Wildman–Crippen MR) is 101 cm³/mol. The lowest BCUT2D eigenvalue weighted by molar-refractivity contribution is -0.119. The van der Waals surface area contributed by atoms with Gasteiger partial charge in [-0.15, -0.1) is 10.2 Å². The summed E-state index contributed by atoms with van der Waals surface area (Å²) in [6, 6.07) is 11.8. The molecule has 0 aliphatic carbocycles. The SMILES string of the molecule is CC(C)NC(=O)CSc1nnc(-c2ccc(F)cc2)n1-c1ccc(F)cc1. The molecule has 140 valence electrons. The summed E-state index contributed by atoms with van der Waals surface area (Å²) in [4.78, 5) is 12.0. The van der Waals surface area contributed by atoms with Gasteiger partial charge in [-0.2, -0.15) is 0 Å². The standard InChI is InChI=1S/C19H18F2N4OS/c1-12(2)22-17(26)11-27-19-24-23-18(13-3-5-14(20)6-4-13)25(19)16-9-7-15(21)8-10-16/h3-10,12H,11H2,1-2H3,(H,22,26). The third-order valence-corrected chi connectivity index (χ3v) is 4.53. The first-order chi connectivity index (χ1) is 12.9. The maximum Gasteiger partial charge on any atom is 0.230 e. The van der Waals surface area contributed by atoms with Crippen LogP contribution < -0.4 is 5.32 Å². The molecule has 0 radical (unpaired) electrons. The molecule has 2 aromatic carbocycles. The average molecular weight is 388 g/mol. The van der Waals surface area contributed by atoms with Gasteiger partial charge in [0.2, 0.25) is 5.91 Å². The van der Waals surface area contributed by atoms with E-state index in [-0.39, 0.29) is 29.3 Å². The number of aromatic nitrogens is 3. The van der Waals surface area contributed by atoms with Crippen LogP contribution in [0.4, 0.5) is 8.78 Å². The highest BCUT2D eigenvalue weighted by atomic mass is 32.2. The van der Waals surface area contributed by atoms with Crippen molar-refractivity contribution in [3.8, 4) is 17.1 Å². The Morgan fingerprint density at radius 3 is 2.22 bits per heavy atom. The van der Waals surface area contributed by atoms with Crippen molar-refractivity contribution in [1.29, 1.82) is 0 Å². The summed E-state index contributed by atoms with van der Waals surface area (Å²) in [6.45, 7) is 3.77. The highest BCUT2D eigenvalue weighted by Crippen LogP contribution is 2.28. The van der Waals surface area contributed by atoms with E-state index in [4.69, 9.17) is 0 Å². The third-order valence-electron chi connectivity index (χ3n) is 3.60. The van der Waals surface area contributed by atoms with E-state index in [1.54, 1.807) is 28.8 Å². The predicted octanol–water partition coefficient (Wildman–Crippen LogP) is 3.83. The quantitative estimate of drug-likeness (QED) is 0.652. The average Bonchev–Trinajstić information content (AvgIpc) is 3.04. The first-order valence-electron chi connectivity index (χ1n) is 8.33. The van der Waals surface area contributed by atoms with E-state index in [9.17, 15) is 13.6 Å². The van der Waals surface area contributed by atoms with Crippen LogP contribution >= 0.6 is 11.8 Å². The maximum absolute atomic E-state index is 13.3. The zero-order valence-electron chi connectivity index (χ0n) is 14.8. The minimum Gasteiger partial charge on any atom is -0.353 e. The maximum atomic E-state index is 13.3. The van der Waals surface area contributed by atoms with Crippen molar-refractivity contribution in [3.05, 3.63) is 60.2 Å². The molecular weight excluding hydrogens is 370 g/mol. The number of thioether (sulfide) groups is 1. The first kappa shape index (κ1) is 19.0. The second-order valence-electron chi connectivity index (χ2n) is 6.14. The van der Waals surface area contributed by atoms with Gasteiger partial charge in [0.25, 0.3) is 0 Å². The van der Waals surface area contributed by atoms with Gasteiger partial charge >= 0.3 is 0 Å². The normalized spacial score (nSPS) is 11.0. The van der Waals surface area contributed by atoms with E-state index in [1.165, 1.54) is 36.0 Å². The molecule has 5 nitrogen and oxygen atoms in total. The summed E-state index contributed by atoms with van der Waals surface area (Å²) in [5.74, 6) is -0.187. The van der Waals surface area contributed by atoms with Gasteiger partial charge in [0, 0.05) is 17.3 Å². The molecule has 27 heavy (non-hydrogen) atoms. The number of carbonyl (C=O) groups is 1. The van der Waals surface area contributed by atoms with Crippen LogP contribution in [0.25, 0.3) is 17.1 Å². The lowest BCUT2D eigenvalue weighted by atomic mass is 10.2. The summed E-state index contributed by atoms with van der Waals surface area (Å²) < 4.78 is 28.3. The minimum absolute atomic E-state index is 0.0443. The summed E-state index contributed by atoms with van der Waals surface area (Å²) in [5, 5.41) is 11.7. The summed E-state index contributed by atoms with van der Waals surface area (Å²) in [6.07, 6.45) is 0. The Morgan fingerprint density at radius 1 is 1.04 bits per heavy atom. The molecule has 0 saturated carbocycles. The lowest BCUT2D eigenvalue weighted by Gasteiger charge is -2.11. The van der Waals surface area contributed by atoms with Crippen molar-refractivity contribution >= 4 is 17.7 Å². The molecule has 0 saturated heterocycles. The smallest absolute Gasteiger partial charge is 0.230 e. The Kier molecular flexibility index (Phi) is 5.85. The van der Waals surface area contributed by atoms with E-state index in [0.717, 1.165) is 0 Å². The number of amides is 1. The van der Waals surface area contributed by atoms with Crippen molar-refractivity contribution in [3.63, 3.8) is 0 Å². The van der Waals surface area contributed by atoms with E-state index in [1.807, 2.05) is 13.8 Å². The highest BCUT2D eigenvalue weighted by Gasteiger charge is 2.17. The van der Waals surface area contributed by atoms with Gasteiger partial charge in [0.05, 0.1) is 5.75 Å². The second-order valence-corrected chi connectivity index (χ2v) is 7.08. The van der Waals surface area contributed by atoms with Gasteiger partial charge in [-0.25, -0.2) is 8.78 Å². The highest BCUT2D eigenvalue weighted by molar-refractivity contribution is 7.99. The zero-order chi connectivity index (χ0) is 19.4. The van der Waals surface area contributed by atoms with Crippen LogP contribution in [0.2, 0.25) is 0 Å². The van der Waals surface area contributed by atoms with Crippen LogP contribution in [0.3, 0.4) is 0 Å². The Bertz CT molecular complexity index is 924. The topological polar surface area (TPSA) is 59.8 Å². The second kappa shape index (κ2) is 8.30. The fourth-order valence-electron chi connectivity index (χ4n) is 2.47. The molecule has 3 aromatic rings. The van der Waals surface area contributed by atoms with Crippen LogP contribution in [0.15, 0.2) is 53.7 Å². The number of nitrogens with zero attached hydrogens (tertiary/aromatic N) is 3. The Morgan fingerprint density at radius 2 is 1.63 bits per heavy atom. The van der Waals surface area contributed by atoms with Gasteiger partial charge in [0.1, 0.15) is 11.6 Å². The summed E-state index contributed by atoms with van der Waals surface area (Å²) >= 11 is 1.22. The minimum atomic E-state index is -0.360. The molecule has 0 bridgehead atoms. The number of benzene rings is 2. The van der Waals surface area contributed by atoms with Crippen molar-refractivity contribution < 1.29 is 13.6 Å². The molecule has 1 aromatic heterocycles. The Balaban J connectivity index is 1.97. The molecule has 0 fully saturated rings. The molecular formula is C19H18F2N4OS. The molecule has 0 aliphatic heterocycles. The van der Waals surface area contributed by atoms with Crippen molar-refractivity contribution in [2.45, 2.75) is 25.0 Å². The molecule has 3 rings (SSSR count). The van der Waals surface area contributed by atoms with Gasteiger partial charge in [-0.05, 0) is 62.4 Å². The summed E-state index contributed by atoms with van der Waals surface area (Å²) in [7, 11) is 0. The van der Waals surface area contributed by atoms with E-state index >= 15 is 0 Å². The third kappa shape index (κ3) is 4.71. The number of carbonyl (C=O) groups excluding carboxylic acids is 1. The number of hydrogen-bond donors (Lipinski definition) is 1. The Labute approximate surface area is 159 Å². The van der Waals surface area contributed by atoms with E-state index in [0.29, 0.717) is 22.2 Å². The van der Waals surface area contributed by atoms with Crippen LogP contribution in [0.5, 0.6) is 0 Å². The molecule has 1 heterocycles. The van der Waals surface area contributed by atoms with Crippen LogP contribution in [-0.4, -0.2) is 32.5 Å². The van der Waals surface area contributed by atoms with Crippen LogP contribution in [0, 0.1) is 11.6 Å². The number of nitrogens with one attached hydrogen (secondary N) is 1. The van der Waals surface area contributed by atoms with Crippen molar-refractivity contribution in [1.82, 2.24) is 20.1 Å². The molecule has 0 atom stereocenters. The lowest BCUT2D eigenvalue weighted by Crippen LogP contribution is -2.31. The zero-order valence-corrected chi connectivity index (χ0v) is 15.6. The van der Waals surface area contributed by atoms with Crippen molar-refractivity contribution in [2.75, 3.05) is 5.75 Å². The molecule has 8 heteroatoms. The molecule has 0 unspecified atom stereocenters. The number of hydrogen-bond acceptors (Lipinski definition) is 4. The molecule has 1 amide bonds. The fraction of sp³-hybridized carbons (Fsp3) is 0.211.